The van der Waals surface area contributed by atoms with E-state index in [1.807, 2.05) is 0 Å². The Hall–Kier alpha value is -0.370. The summed E-state index contributed by atoms with van der Waals surface area (Å²) in [6.07, 6.45) is 10.2. The van der Waals surface area contributed by atoms with E-state index in [4.69, 9.17) is 5.73 Å². The minimum Gasteiger partial charge on any atom is -0.330 e. The average molecular weight is 197 g/mol. The van der Waals surface area contributed by atoms with E-state index in [2.05, 4.69) is 0 Å². The molecule has 0 aliphatic heterocycles. The van der Waals surface area contributed by atoms with Gasteiger partial charge in [-0.3, -0.25) is 4.79 Å². The van der Waals surface area contributed by atoms with Gasteiger partial charge in [-0.15, -0.1) is 0 Å². The molecule has 82 valence electrons. The van der Waals surface area contributed by atoms with Crippen LogP contribution in [0.25, 0.3) is 0 Å². The largest absolute Gasteiger partial charge is 0.330 e. The lowest BCUT2D eigenvalue weighted by atomic mass is 9.92. The standard InChI is InChI=1S/C12H23NO/c13-10-6-5-9-12(14)11-7-3-1-2-4-8-11/h11H,1-10,13H2. The molecule has 2 N–H and O–H groups in total. The average Bonchev–Trinajstić information content (AvgIpc) is 2.46. The van der Waals surface area contributed by atoms with E-state index in [0.717, 1.165) is 38.6 Å². The van der Waals surface area contributed by atoms with Crippen LogP contribution in [0.1, 0.15) is 57.8 Å². The minimum atomic E-state index is 0.385. The van der Waals surface area contributed by atoms with E-state index in [1.165, 1.54) is 25.7 Å². The van der Waals surface area contributed by atoms with E-state index in [1.54, 1.807) is 0 Å². The van der Waals surface area contributed by atoms with Gasteiger partial charge >= 0.3 is 0 Å². The Morgan fingerprint density at radius 1 is 1.07 bits per heavy atom. The molecular weight excluding hydrogens is 174 g/mol. The number of unbranched alkanes of at least 4 members (excludes halogenated alkanes) is 1. The minimum absolute atomic E-state index is 0.385. The van der Waals surface area contributed by atoms with Gasteiger partial charge in [0.2, 0.25) is 0 Å². The van der Waals surface area contributed by atoms with Crippen LogP contribution in [0.4, 0.5) is 0 Å². The third-order valence-electron chi connectivity index (χ3n) is 3.19. The van der Waals surface area contributed by atoms with E-state index in [-0.39, 0.29) is 0 Å². The number of ketones is 1. The molecule has 1 rings (SSSR count). The van der Waals surface area contributed by atoms with Gasteiger partial charge in [0, 0.05) is 12.3 Å². The van der Waals surface area contributed by atoms with Crippen molar-refractivity contribution in [3.8, 4) is 0 Å². The number of carbonyl (C=O) groups excluding carboxylic acids is 1. The summed E-state index contributed by atoms with van der Waals surface area (Å²) >= 11 is 0. The highest BCUT2D eigenvalue weighted by Crippen LogP contribution is 2.24. The number of hydrogen-bond acceptors (Lipinski definition) is 2. The maximum atomic E-state index is 11.8. The maximum absolute atomic E-state index is 11.8. The van der Waals surface area contributed by atoms with Crippen LogP contribution in [0.15, 0.2) is 0 Å². The molecule has 0 atom stereocenters. The van der Waals surface area contributed by atoms with Gasteiger partial charge in [0.05, 0.1) is 0 Å². The summed E-state index contributed by atoms with van der Waals surface area (Å²) < 4.78 is 0. The van der Waals surface area contributed by atoms with Gasteiger partial charge in [-0.2, -0.15) is 0 Å². The first-order valence-corrected chi connectivity index (χ1v) is 6.07. The summed E-state index contributed by atoms with van der Waals surface area (Å²) in [5.41, 5.74) is 5.41. The van der Waals surface area contributed by atoms with Crippen LogP contribution < -0.4 is 5.73 Å². The predicted molar refractivity (Wildman–Crippen MR) is 59.1 cm³/mol. The van der Waals surface area contributed by atoms with Crippen molar-refractivity contribution >= 4 is 5.78 Å². The fourth-order valence-corrected chi connectivity index (χ4v) is 2.25. The first kappa shape index (κ1) is 11.7. The zero-order valence-electron chi connectivity index (χ0n) is 9.13. The van der Waals surface area contributed by atoms with Crippen LogP contribution in [0.3, 0.4) is 0 Å². The Balaban J connectivity index is 2.20. The highest BCUT2D eigenvalue weighted by Gasteiger charge is 2.18. The Bertz CT molecular complexity index is 160. The molecule has 1 fully saturated rings. The zero-order valence-corrected chi connectivity index (χ0v) is 9.13. The van der Waals surface area contributed by atoms with Gasteiger partial charge in [-0.05, 0) is 32.2 Å². The predicted octanol–water partition coefficient (Wildman–Crippen LogP) is 2.65. The first-order chi connectivity index (χ1) is 6.84. The van der Waals surface area contributed by atoms with Crippen molar-refractivity contribution in [3.05, 3.63) is 0 Å². The van der Waals surface area contributed by atoms with Gasteiger partial charge in [0.1, 0.15) is 5.78 Å². The van der Waals surface area contributed by atoms with Crippen molar-refractivity contribution in [3.63, 3.8) is 0 Å². The number of nitrogens with two attached hydrogens (primary N) is 1. The number of carbonyl (C=O) groups is 1. The molecule has 0 saturated heterocycles. The molecule has 0 aromatic rings. The fraction of sp³-hybridized carbons (Fsp3) is 0.917. The SMILES string of the molecule is NCCCCC(=O)C1CCCCCC1. The summed E-state index contributed by atoms with van der Waals surface area (Å²) in [4.78, 5) is 11.8. The molecule has 1 aliphatic rings. The number of hydrogen-bond donors (Lipinski definition) is 1. The lowest BCUT2D eigenvalue weighted by Gasteiger charge is -2.11. The van der Waals surface area contributed by atoms with E-state index in [9.17, 15) is 4.79 Å². The summed E-state index contributed by atoms with van der Waals surface area (Å²) in [5.74, 6) is 0.885. The molecule has 0 heterocycles. The molecule has 0 amide bonds. The highest BCUT2D eigenvalue weighted by atomic mass is 16.1. The van der Waals surface area contributed by atoms with Gasteiger partial charge in [0.25, 0.3) is 0 Å². The van der Waals surface area contributed by atoms with Gasteiger partial charge in [-0.25, -0.2) is 0 Å². The van der Waals surface area contributed by atoms with E-state index >= 15 is 0 Å². The maximum Gasteiger partial charge on any atom is 0.135 e. The smallest absolute Gasteiger partial charge is 0.135 e. The summed E-state index contributed by atoms with van der Waals surface area (Å²) in [6.45, 7) is 0.720. The molecule has 0 aromatic heterocycles. The molecule has 1 saturated carbocycles. The summed E-state index contributed by atoms with van der Waals surface area (Å²) in [5, 5.41) is 0. The number of Topliss-reactive ketones (excluding diaryl/α,β-unsaturated/α-hetero) is 1. The Morgan fingerprint density at radius 3 is 2.29 bits per heavy atom. The van der Waals surface area contributed by atoms with Crippen molar-refractivity contribution in [2.45, 2.75) is 57.8 Å². The van der Waals surface area contributed by atoms with Crippen LogP contribution in [0.2, 0.25) is 0 Å². The number of rotatable bonds is 5. The lowest BCUT2D eigenvalue weighted by Crippen LogP contribution is -2.14. The first-order valence-electron chi connectivity index (χ1n) is 6.07. The molecule has 2 heteroatoms. The summed E-state index contributed by atoms with van der Waals surface area (Å²) in [6, 6.07) is 0. The second-order valence-corrected chi connectivity index (χ2v) is 4.40. The van der Waals surface area contributed by atoms with E-state index in [0.29, 0.717) is 11.7 Å². The second-order valence-electron chi connectivity index (χ2n) is 4.40. The Kier molecular flexibility index (Phi) is 5.85. The van der Waals surface area contributed by atoms with Crippen LogP contribution in [0.5, 0.6) is 0 Å². The topological polar surface area (TPSA) is 43.1 Å². The van der Waals surface area contributed by atoms with Crippen molar-refractivity contribution in [1.29, 1.82) is 0 Å². The van der Waals surface area contributed by atoms with Gasteiger partial charge < -0.3 is 5.73 Å². The van der Waals surface area contributed by atoms with Crippen LogP contribution in [-0.4, -0.2) is 12.3 Å². The molecule has 0 bridgehead atoms. The third kappa shape index (κ3) is 4.23. The molecule has 0 aromatic carbocycles. The van der Waals surface area contributed by atoms with Crippen molar-refractivity contribution in [2.75, 3.05) is 6.54 Å². The molecule has 0 spiro atoms. The van der Waals surface area contributed by atoms with Crippen molar-refractivity contribution in [2.24, 2.45) is 11.7 Å². The monoisotopic (exact) mass is 197 g/mol. The Morgan fingerprint density at radius 2 is 1.71 bits per heavy atom. The molecule has 0 radical (unpaired) electrons. The van der Waals surface area contributed by atoms with Crippen molar-refractivity contribution < 1.29 is 4.79 Å². The van der Waals surface area contributed by atoms with E-state index < -0.39 is 0 Å². The zero-order chi connectivity index (χ0) is 10.2. The fourth-order valence-electron chi connectivity index (χ4n) is 2.25. The van der Waals surface area contributed by atoms with Crippen molar-refractivity contribution in [1.82, 2.24) is 0 Å². The van der Waals surface area contributed by atoms with Crippen LogP contribution >= 0.6 is 0 Å². The molecule has 14 heavy (non-hydrogen) atoms. The van der Waals surface area contributed by atoms with Crippen LogP contribution in [0, 0.1) is 5.92 Å². The molecule has 0 unspecified atom stereocenters. The highest BCUT2D eigenvalue weighted by molar-refractivity contribution is 5.80. The normalized spacial score (nSPS) is 19.2. The second kappa shape index (κ2) is 6.99. The van der Waals surface area contributed by atoms with Gasteiger partial charge in [0.15, 0.2) is 0 Å². The van der Waals surface area contributed by atoms with Gasteiger partial charge in [-0.1, -0.05) is 25.7 Å². The quantitative estimate of drug-likeness (QED) is 0.544. The summed E-state index contributed by atoms with van der Waals surface area (Å²) in [7, 11) is 0. The van der Waals surface area contributed by atoms with Crippen LogP contribution in [-0.2, 0) is 4.79 Å². The molecule has 2 nitrogen and oxygen atoms in total. The Labute approximate surface area is 87.2 Å². The molecule has 1 aliphatic carbocycles. The third-order valence-corrected chi connectivity index (χ3v) is 3.19. The molecular formula is C12H23NO. The lowest BCUT2D eigenvalue weighted by molar-refractivity contribution is -0.123.